The predicted molar refractivity (Wildman–Crippen MR) is 50.6 cm³/mol. The summed E-state index contributed by atoms with van der Waals surface area (Å²) in [4.78, 5) is 4.70. The van der Waals surface area contributed by atoms with Gasteiger partial charge in [0.15, 0.2) is 0 Å². The zero-order chi connectivity index (χ0) is 8.97. The number of hydrogen-bond donors (Lipinski definition) is 1. The maximum Gasteiger partial charge on any atom is 0.0636 e. The van der Waals surface area contributed by atoms with Gasteiger partial charge in [-0.1, -0.05) is 36.4 Å². The Kier molecular flexibility index (Phi) is 3.14. The van der Waals surface area contributed by atoms with Gasteiger partial charge in [-0.2, -0.15) is 0 Å². The molecule has 0 aromatic heterocycles. The molecule has 0 saturated carbocycles. The van der Waals surface area contributed by atoms with Crippen LogP contribution in [0.25, 0.3) is 5.70 Å². The van der Waals surface area contributed by atoms with Crippen LogP contribution < -0.4 is 5.48 Å². The molecule has 0 aliphatic heterocycles. The van der Waals surface area contributed by atoms with Crippen LogP contribution in [-0.4, -0.2) is 7.11 Å². The Labute approximate surface area is 76.8 Å². The molecule has 1 N–H and O–H groups in total. The van der Waals surface area contributed by atoms with E-state index in [1.165, 1.54) is 7.11 Å². The van der Waals surface area contributed by atoms with Gasteiger partial charge in [-0.15, -0.1) is 0 Å². The molecule has 1 aromatic rings. The quantitative estimate of drug-likeness (QED) is 0.727. The SMILES string of the molecule is C=C(NOC)c1ccccc1Cl. The molecule has 12 heavy (non-hydrogen) atoms. The predicted octanol–water partition coefficient (Wildman–Crippen LogP) is 2.46. The van der Waals surface area contributed by atoms with Crippen molar-refractivity contribution in [2.45, 2.75) is 0 Å². The van der Waals surface area contributed by atoms with E-state index in [0.29, 0.717) is 10.7 Å². The first-order valence-electron chi connectivity index (χ1n) is 3.48. The minimum atomic E-state index is 0.656. The van der Waals surface area contributed by atoms with Crippen molar-refractivity contribution in [3.8, 4) is 0 Å². The second-order valence-electron chi connectivity index (χ2n) is 2.26. The van der Waals surface area contributed by atoms with Crippen molar-refractivity contribution < 1.29 is 4.84 Å². The average molecular weight is 184 g/mol. The third-order valence-corrected chi connectivity index (χ3v) is 1.75. The maximum absolute atomic E-state index is 5.90. The molecule has 0 amide bonds. The van der Waals surface area contributed by atoms with E-state index < -0.39 is 0 Å². The van der Waals surface area contributed by atoms with Crippen LogP contribution in [0.3, 0.4) is 0 Å². The van der Waals surface area contributed by atoms with E-state index >= 15 is 0 Å². The summed E-state index contributed by atoms with van der Waals surface area (Å²) in [6, 6.07) is 7.44. The van der Waals surface area contributed by atoms with Crippen molar-refractivity contribution in [2.24, 2.45) is 0 Å². The largest absolute Gasteiger partial charge is 0.279 e. The van der Waals surface area contributed by atoms with Gasteiger partial charge in [0.25, 0.3) is 0 Å². The highest BCUT2D eigenvalue weighted by Gasteiger charge is 2.01. The molecule has 3 heteroatoms. The van der Waals surface area contributed by atoms with Gasteiger partial charge in [0.2, 0.25) is 0 Å². The molecule has 64 valence electrons. The molecule has 0 bridgehead atoms. The monoisotopic (exact) mass is 183 g/mol. The van der Waals surface area contributed by atoms with Crippen molar-refractivity contribution in [2.75, 3.05) is 7.11 Å². The Morgan fingerprint density at radius 1 is 1.50 bits per heavy atom. The van der Waals surface area contributed by atoms with Crippen LogP contribution in [0.5, 0.6) is 0 Å². The molecule has 1 rings (SSSR count). The van der Waals surface area contributed by atoms with E-state index in [-0.39, 0.29) is 0 Å². The summed E-state index contributed by atoms with van der Waals surface area (Å²) in [5.74, 6) is 0. The van der Waals surface area contributed by atoms with Crippen LogP contribution >= 0.6 is 11.6 Å². The molecule has 0 spiro atoms. The topological polar surface area (TPSA) is 21.3 Å². The summed E-state index contributed by atoms with van der Waals surface area (Å²) in [7, 11) is 1.53. The van der Waals surface area contributed by atoms with Crippen molar-refractivity contribution >= 4 is 17.3 Å². The lowest BCUT2D eigenvalue weighted by molar-refractivity contribution is 0.137. The molecule has 1 aromatic carbocycles. The number of nitrogens with one attached hydrogen (secondary N) is 1. The van der Waals surface area contributed by atoms with Crippen LogP contribution in [0, 0.1) is 0 Å². The van der Waals surface area contributed by atoms with Gasteiger partial charge in [-0.05, 0) is 6.07 Å². The van der Waals surface area contributed by atoms with E-state index in [9.17, 15) is 0 Å². The molecule has 0 radical (unpaired) electrons. The summed E-state index contributed by atoms with van der Waals surface area (Å²) < 4.78 is 0. The van der Waals surface area contributed by atoms with E-state index in [1.54, 1.807) is 6.07 Å². The smallest absolute Gasteiger partial charge is 0.0636 e. The fraction of sp³-hybridized carbons (Fsp3) is 0.111. The highest BCUT2D eigenvalue weighted by molar-refractivity contribution is 6.32. The normalized spacial score (nSPS) is 9.50. The standard InChI is InChI=1S/C9H10ClNO/c1-7(11-12-2)8-5-3-4-6-9(8)10/h3-6,11H,1H2,2H3. The molecule has 0 aliphatic carbocycles. The molecule has 0 heterocycles. The van der Waals surface area contributed by atoms with Crippen molar-refractivity contribution in [1.82, 2.24) is 5.48 Å². The number of halogens is 1. The number of hydrogen-bond acceptors (Lipinski definition) is 2. The van der Waals surface area contributed by atoms with Crippen LogP contribution in [0.4, 0.5) is 0 Å². The highest BCUT2D eigenvalue weighted by Crippen LogP contribution is 2.19. The lowest BCUT2D eigenvalue weighted by Gasteiger charge is -2.07. The van der Waals surface area contributed by atoms with Crippen LogP contribution in [0.2, 0.25) is 5.02 Å². The molecule has 0 unspecified atom stereocenters. The summed E-state index contributed by atoms with van der Waals surface area (Å²) >= 11 is 5.90. The molecule has 0 atom stereocenters. The van der Waals surface area contributed by atoms with Gasteiger partial charge in [-0.3, -0.25) is 10.3 Å². The summed E-state index contributed by atoms with van der Waals surface area (Å²) in [6.07, 6.45) is 0. The zero-order valence-electron chi connectivity index (χ0n) is 6.80. The number of rotatable bonds is 3. The Hall–Kier alpha value is -0.990. The molecule has 0 saturated heterocycles. The first-order valence-corrected chi connectivity index (χ1v) is 3.86. The maximum atomic E-state index is 5.90. The Bertz CT molecular complexity index is 286. The number of benzene rings is 1. The Morgan fingerprint density at radius 3 is 2.75 bits per heavy atom. The van der Waals surface area contributed by atoms with Crippen molar-refractivity contribution in [1.29, 1.82) is 0 Å². The number of hydroxylamine groups is 1. The second-order valence-corrected chi connectivity index (χ2v) is 2.67. The Morgan fingerprint density at radius 2 is 2.17 bits per heavy atom. The minimum Gasteiger partial charge on any atom is -0.279 e. The molecule has 2 nitrogen and oxygen atoms in total. The third kappa shape index (κ3) is 2.00. The summed E-state index contributed by atoms with van der Waals surface area (Å²) in [6.45, 7) is 3.75. The Balaban J connectivity index is 2.87. The van der Waals surface area contributed by atoms with Gasteiger partial charge < -0.3 is 0 Å². The first-order chi connectivity index (χ1) is 5.75. The lowest BCUT2D eigenvalue weighted by atomic mass is 10.2. The average Bonchev–Trinajstić information content (AvgIpc) is 2.05. The van der Waals surface area contributed by atoms with Gasteiger partial charge >= 0.3 is 0 Å². The van der Waals surface area contributed by atoms with Crippen LogP contribution in [0.1, 0.15) is 5.56 Å². The third-order valence-electron chi connectivity index (χ3n) is 1.42. The van der Waals surface area contributed by atoms with Crippen LogP contribution in [-0.2, 0) is 4.84 Å². The van der Waals surface area contributed by atoms with Gasteiger partial charge in [0.1, 0.15) is 0 Å². The lowest BCUT2D eigenvalue weighted by Crippen LogP contribution is -2.08. The highest BCUT2D eigenvalue weighted by atomic mass is 35.5. The second kappa shape index (κ2) is 4.14. The van der Waals surface area contributed by atoms with E-state index in [4.69, 9.17) is 16.4 Å². The fourth-order valence-corrected chi connectivity index (χ4v) is 1.13. The van der Waals surface area contributed by atoms with Gasteiger partial charge in [0, 0.05) is 10.6 Å². The van der Waals surface area contributed by atoms with Crippen molar-refractivity contribution in [3.63, 3.8) is 0 Å². The minimum absolute atomic E-state index is 0.656. The molecule has 0 fully saturated rings. The van der Waals surface area contributed by atoms with Crippen molar-refractivity contribution in [3.05, 3.63) is 41.4 Å². The molecular weight excluding hydrogens is 174 g/mol. The van der Waals surface area contributed by atoms with E-state index in [0.717, 1.165) is 5.56 Å². The first kappa shape index (κ1) is 9.10. The zero-order valence-corrected chi connectivity index (χ0v) is 7.56. The van der Waals surface area contributed by atoms with E-state index in [2.05, 4.69) is 12.1 Å². The van der Waals surface area contributed by atoms with Gasteiger partial charge in [0.05, 0.1) is 12.8 Å². The van der Waals surface area contributed by atoms with Crippen LogP contribution in [0.15, 0.2) is 30.8 Å². The van der Waals surface area contributed by atoms with E-state index in [1.807, 2.05) is 18.2 Å². The molecule has 0 aliphatic rings. The van der Waals surface area contributed by atoms with Gasteiger partial charge in [-0.25, -0.2) is 0 Å². The molecular formula is C9H10ClNO. The summed E-state index contributed by atoms with van der Waals surface area (Å²) in [5.41, 5.74) is 4.13. The fourth-order valence-electron chi connectivity index (χ4n) is 0.884. The summed E-state index contributed by atoms with van der Waals surface area (Å²) in [5, 5.41) is 0.659.